The van der Waals surface area contributed by atoms with Crippen LogP contribution in [0.3, 0.4) is 0 Å². The Hall–Kier alpha value is -1.42. The molecule has 5 rings (SSSR count). The van der Waals surface area contributed by atoms with Crippen LogP contribution in [0.1, 0.15) is 42.0 Å². The van der Waals surface area contributed by atoms with Crippen LogP contribution in [0.4, 0.5) is 0 Å². The Morgan fingerprint density at radius 2 is 1.56 bits per heavy atom. The number of hydrogen-bond acceptors (Lipinski definition) is 2. The molecule has 0 N–H and O–H groups in total. The second-order valence-electron chi connectivity index (χ2n) is 10.0. The molecule has 0 amide bonds. The van der Waals surface area contributed by atoms with Gasteiger partial charge in [-0.1, -0.05) is 71.0 Å². The molecule has 0 saturated carbocycles. The summed E-state index contributed by atoms with van der Waals surface area (Å²) in [6, 6.07) is 21.7. The van der Waals surface area contributed by atoms with Gasteiger partial charge >= 0.3 is 26.2 Å². The number of fused-ring (bicyclic) bond motifs is 3. The van der Waals surface area contributed by atoms with Gasteiger partial charge in [-0.2, -0.15) is 0 Å². The zero-order valence-corrected chi connectivity index (χ0v) is 26.4. The molecule has 6 heteroatoms. The van der Waals surface area contributed by atoms with Crippen molar-refractivity contribution in [1.82, 2.24) is 0 Å². The van der Waals surface area contributed by atoms with E-state index in [1.807, 2.05) is 0 Å². The normalized spacial score (nSPS) is 14.6. The zero-order chi connectivity index (χ0) is 23.2. The van der Waals surface area contributed by atoms with Gasteiger partial charge in [0.05, 0.1) is 6.61 Å². The molecule has 0 fully saturated rings. The zero-order valence-electron chi connectivity index (χ0n) is 21.4. The van der Waals surface area contributed by atoms with Gasteiger partial charge in [0.15, 0.2) is 8.32 Å². The van der Waals surface area contributed by atoms with Gasteiger partial charge in [-0.3, -0.25) is 0 Å². The predicted molar refractivity (Wildman–Crippen MR) is 139 cm³/mol. The molecule has 0 heterocycles. The molecule has 0 spiro atoms. The number of ether oxygens (including phenoxy) is 1. The largest absolute Gasteiger partial charge is 3.00 e. The molecule has 1 radical (unpaired) electrons. The first-order valence-corrected chi connectivity index (χ1v) is 15.2. The summed E-state index contributed by atoms with van der Waals surface area (Å²) in [7, 11) is -1.55. The molecule has 2 aliphatic rings. The Bertz CT molecular complexity index is 1490. The molecule has 0 aliphatic heterocycles. The van der Waals surface area contributed by atoms with Crippen molar-refractivity contribution in [2.75, 3.05) is 13.2 Å². The van der Waals surface area contributed by atoms with Crippen molar-refractivity contribution >= 4 is 25.7 Å². The second-order valence-corrected chi connectivity index (χ2v) is 14.5. The summed E-state index contributed by atoms with van der Waals surface area (Å²) in [4.78, 5) is 0. The van der Waals surface area contributed by atoms with E-state index in [1.54, 1.807) is 0 Å². The number of rotatable bonds is 6. The molecule has 1 atom stereocenters. The molecule has 0 bridgehead atoms. The van der Waals surface area contributed by atoms with Gasteiger partial charge in [0.2, 0.25) is 0 Å². The number of hydrogen-bond donors (Lipinski definition) is 0. The summed E-state index contributed by atoms with van der Waals surface area (Å²) >= 11 is 0. The van der Waals surface area contributed by atoms with Gasteiger partial charge in [-0.15, -0.1) is 33.4 Å². The number of benzene rings is 3. The molecule has 1 unspecified atom stereocenters. The Labute approximate surface area is 246 Å². The molecular formula is C30H31Cl2O2SiZr. The van der Waals surface area contributed by atoms with E-state index in [9.17, 15) is 0 Å². The van der Waals surface area contributed by atoms with Crippen LogP contribution in [0, 0.1) is 10.4 Å². The summed E-state index contributed by atoms with van der Waals surface area (Å²) in [5.41, 5.74) is 6.34. The van der Waals surface area contributed by atoms with Crippen molar-refractivity contribution in [2.24, 2.45) is 0 Å². The minimum atomic E-state index is -1.55. The van der Waals surface area contributed by atoms with E-state index in [2.05, 4.69) is 106 Å². The van der Waals surface area contributed by atoms with Gasteiger partial charge in [0.1, 0.15) is 12.4 Å². The molecule has 0 aromatic heterocycles. The van der Waals surface area contributed by atoms with E-state index in [1.165, 1.54) is 48.7 Å². The van der Waals surface area contributed by atoms with E-state index in [4.69, 9.17) is 9.16 Å². The fourth-order valence-electron chi connectivity index (χ4n) is 4.89. The summed E-state index contributed by atoms with van der Waals surface area (Å²) in [5, 5.41) is 5.02. The second kappa shape index (κ2) is 12.4. The number of allylic oxidation sites excluding steroid dienone is 1. The van der Waals surface area contributed by atoms with Crippen molar-refractivity contribution in [1.29, 1.82) is 0 Å². The van der Waals surface area contributed by atoms with Crippen molar-refractivity contribution in [3.8, 4) is 0 Å². The van der Waals surface area contributed by atoms with Crippen LogP contribution in [0.15, 0.2) is 66.7 Å². The Morgan fingerprint density at radius 3 is 2.28 bits per heavy atom. The quantitative estimate of drug-likeness (QED) is 0.167. The van der Waals surface area contributed by atoms with Crippen LogP contribution in [0.25, 0.3) is 17.4 Å². The molecule has 185 valence electrons. The average molecular weight is 614 g/mol. The molecule has 3 aromatic rings. The molecule has 2 aliphatic carbocycles. The van der Waals surface area contributed by atoms with Crippen molar-refractivity contribution in [2.45, 2.75) is 39.4 Å². The summed E-state index contributed by atoms with van der Waals surface area (Å²) in [6.07, 6.45) is 6.03. The first-order valence-electron chi connectivity index (χ1n) is 11.8. The summed E-state index contributed by atoms with van der Waals surface area (Å²) in [6.45, 7) is 12.2. The smallest absolute Gasteiger partial charge is 1.00 e. The maximum Gasteiger partial charge on any atom is 3.00 e. The third-order valence-corrected chi connectivity index (χ3v) is 7.40. The predicted octanol–water partition coefficient (Wildman–Crippen LogP) is -0.457. The van der Waals surface area contributed by atoms with E-state index in [0.29, 0.717) is 13.2 Å². The minimum absolute atomic E-state index is 0. The third kappa shape index (κ3) is 6.00. The minimum Gasteiger partial charge on any atom is -1.00 e. The third-order valence-electron chi connectivity index (χ3n) is 6.33. The van der Waals surface area contributed by atoms with Crippen LogP contribution in [0.5, 0.6) is 0 Å². The Morgan fingerprint density at radius 1 is 0.861 bits per heavy atom. The fraction of sp³-hybridized carbons (Fsp3) is 0.267. The molecule has 3 aromatic carbocycles. The van der Waals surface area contributed by atoms with Crippen LogP contribution >= 0.6 is 0 Å². The van der Waals surface area contributed by atoms with E-state index in [0.717, 1.165) is 5.76 Å². The van der Waals surface area contributed by atoms with Crippen LogP contribution in [0.2, 0.25) is 19.6 Å². The van der Waals surface area contributed by atoms with Gasteiger partial charge in [0, 0.05) is 11.5 Å². The molecule has 2 nitrogen and oxygen atoms in total. The van der Waals surface area contributed by atoms with Gasteiger partial charge < -0.3 is 34.0 Å². The monoisotopic (exact) mass is 611 g/mol. The van der Waals surface area contributed by atoms with Crippen molar-refractivity contribution < 1.29 is 60.2 Å². The van der Waals surface area contributed by atoms with Crippen LogP contribution < -0.4 is 35.3 Å². The first-order chi connectivity index (χ1) is 15.8. The topological polar surface area (TPSA) is 18.5 Å². The maximum absolute atomic E-state index is 6.29. The van der Waals surface area contributed by atoms with Crippen LogP contribution in [-0.2, 0) is 35.4 Å². The van der Waals surface area contributed by atoms with Gasteiger partial charge in [-0.05, 0) is 45.1 Å². The van der Waals surface area contributed by atoms with E-state index >= 15 is 0 Å². The average Bonchev–Trinajstić information content (AvgIpc) is 3.34. The molecule has 36 heavy (non-hydrogen) atoms. The Kier molecular flexibility index (Phi) is 10.6. The van der Waals surface area contributed by atoms with Crippen molar-refractivity contribution in [3.05, 3.63) is 110 Å². The maximum atomic E-state index is 6.29. The summed E-state index contributed by atoms with van der Waals surface area (Å²) < 4.78 is 12.3. The fourth-order valence-corrected chi connectivity index (χ4v) is 5.58. The summed E-state index contributed by atoms with van der Waals surface area (Å²) in [5.74, 6) is 1.10. The van der Waals surface area contributed by atoms with Gasteiger partial charge in [0.25, 0.3) is 0 Å². The molecular weight excluding hydrogens is 583 g/mol. The number of halogens is 2. The SMILES string of the molecule is CC(C)=c1ccc2c(c1C1C=C(OCCO[Si](C)(C)C)c3ccccc31)[C-]=c1ccccc1=2.[Cl-].[Cl-].[Zr+3]. The van der Waals surface area contributed by atoms with Crippen LogP contribution in [-0.4, -0.2) is 21.5 Å². The first kappa shape index (κ1) is 30.8. The van der Waals surface area contributed by atoms with E-state index in [-0.39, 0.29) is 56.9 Å². The molecule has 0 saturated heterocycles. The Balaban J connectivity index is 0.00000152. The van der Waals surface area contributed by atoms with E-state index < -0.39 is 8.32 Å². The van der Waals surface area contributed by atoms with Crippen molar-refractivity contribution in [3.63, 3.8) is 0 Å². The standard InChI is InChI=1S/C30H31O2Si.2ClH.Zr/c1-20(2)22-14-15-25-23-11-7-6-10-21(23)18-27(25)30(22)28-19-29(26-13-9-8-12-24(26)28)31-16-17-32-33(3,4)5;;;/h6-15,19,28H,16-17H2,1-5H3;2*1H;/q-1;;;+3/p-2. The van der Waals surface area contributed by atoms with Gasteiger partial charge in [-0.25, -0.2) is 0 Å².